The topological polar surface area (TPSA) is 58.6 Å². The Balaban J connectivity index is 2.22. The molecule has 5 nitrogen and oxygen atoms in total. The first-order valence-electron chi connectivity index (χ1n) is 5.17. The first kappa shape index (κ1) is 10.1. The second kappa shape index (κ2) is 3.19. The Kier molecular flexibility index (Phi) is 1.89. The zero-order valence-electron chi connectivity index (χ0n) is 9.18. The molecule has 2 aliphatic rings. The van der Waals surface area contributed by atoms with E-state index in [2.05, 4.69) is 5.43 Å². The van der Waals surface area contributed by atoms with Gasteiger partial charge < -0.3 is 5.11 Å². The van der Waals surface area contributed by atoms with Gasteiger partial charge in [-0.3, -0.25) is 0 Å². The van der Waals surface area contributed by atoms with Gasteiger partial charge in [-0.2, -0.15) is 15.1 Å². The summed E-state index contributed by atoms with van der Waals surface area (Å²) >= 11 is 0. The molecule has 0 spiro atoms. The molecule has 1 aromatic rings. The van der Waals surface area contributed by atoms with E-state index < -0.39 is 10.8 Å². The molecular formula is C12H11N2O3+. The van der Waals surface area contributed by atoms with Gasteiger partial charge in [-0.25, -0.2) is 0 Å². The van der Waals surface area contributed by atoms with E-state index in [1.54, 1.807) is 0 Å². The standard InChI is InChI=1S/C12H10N2O3/c1-17-14(12(15)16)7-9-6-8-4-2-3-5-10(8)11(9)13-14/h2-7,13H,1H3/p+1. The van der Waals surface area contributed by atoms with Gasteiger partial charge in [-0.1, -0.05) is 24.3 Å². The third-order valence-corrected chi connectivity index (χ3v) is 3.00. The molecule has 3 rings (SSSR count). The maximum Gasteiger partial charge on any atom is 0.578 e. The fourth-order valence-electron chi connectivity index (χ4n) is 2.15. The van der Waals surface area contributed by atoms with Gasteiger partial charge in [-0.05, 0) is 11.3 Å². The van der Waals surface area contributed by atoms with Crippen LogP contribution < -0.4 is 15.9 Å². The van der Waals surface area contributed by atoms with Crippen molar-refractivity contribution in [3.8, 4) is 0 Å². The highest BCUT2D eigenvalue weighted by molar-refractivity contribution is 5.82. The summed E-state index contributed by atoms with van der Waals surface area (Å²) in [6.07, 6.45) is 2.38. The van der Waals surface area contributed by atoms with Crippen molar-refractivity contribution >= 4 is 17.9 Å². The van der Waals surface area contributed by atoms with Gasteiger partial charge in [0.15, 0.2) is 6.20 Å². The lowest BCUT2D eigenvalue weighted by molar-refractivity contribution is -1.03. The van der Waals surface area contributed by atoms with Crippen LogP contribution in [0.1, 0.15) is 0 Å². The summed E-state index contributed by atoms with van der Waals surface area (Å²) < 4.78 is -0.727. The molecule has 0 radical (unpaired) electrons. The molecule has 0 saturated carbocycles. The van der Waals surface area contributed by atoms with E-state index in [1.807, 2.05) is 30.3 Å². The first-order valence-corrected chi connectivity index (χ1v) is 5.17. The zero-order chi connectivity index (χ0) is 12.0. The lowest BCUT2D eigenvalue weighted by Gasteiger charge is -2.19. The molecule has 1 aliphatic heterocycles. The number of hydrogen-bond donors (Lipinski definition) is 2. The van der Waals surface area contributed by atoms with Crippen LogP contribution in [0.3, 0.4) is 0 Å². The van der Waals surface area contributed by atoms with Gasteiger partial charge in [0.25, 0.3) is 0 Å². The second-order valence-corrected chi connectivity index (χ2v) is 3.93. The fraction of sp³-hybridized carbons (Fsp3) is 0.0833. The van der Waals surface area contributed by atoms with Gasteiger partial charge in [0, 0.05) is 9.97 Å². The molecular weight excluding hydrogens is 220 g/mol. The Bertz CT molecular complexity index is 663. The van der Waals surface area contributed by atoms with E-state index in [9.17, 15) is 9.90 Å². The number of rotatable bonds is 1. The number of nitrogens with zero attached hydrogens (tertiary/aromatic N) is 1. The number of hydrogen-bond acceptors (Lipinski definition) is 3. The van der Waals surface area contributed by atoms with Crippen LogP contribution in [0, 0.1) is 0 Å². The van der Waals surface area contributed by atoms with Gasteiger partial charge >= 0.3 is 6.09 Å². The highest BCUT2D eigenvalue weighted by atomic mass is 16.8. The lowest BCUT2D eigenvalue weighted by atomic mass is 10.2. The number of hydroxylamine groups is 2. The van der Waals surface area contributed by atoms with Gasteiger partial charge in [0.05, 0.1) is 5.57 Å². The average Bonchev–Trinajstić information content (AvgIpc) is 2.83. The van der Waals surface area contributed by atoms with E-state index >= 15 is 0 Å². The van der Waals surface area contributed by atoms with Crippen molar-refractivity contribution in [2.24, 2.45) is 0 Å². The minimum atomic E-state index is -1.10. The van der Waals surface area contributed by atoms with Crippen molar-refractivity contribution in [1.29, 1.82) is 0 Å². The predicted molar refractivity (Wildman–Crippen MR) is 60.1 cm³/mol. The van der Waals surface area contributed by atoms with Crippen LogP contribution >= 0.6 is 0 Å². The van der Waals surface area contributed by atoms with Crippen LogP contribution in [-0.2, 0) is 4.84 Å². The molecule has 5 heteroatoms. The van der Waals surface area contributed by atoms with Crippen LogP contribution in [0.5, 0.6) is 0 Å². The highest BCUT2D eigenvalue weighted by Crippen LogP contribution is 2.26. The number of quaternary nitrogens is 1. The SMILES string of the molecule is CO[N+]1(C(=O)O)C=C2C=c3ccccc3=C2N1. The average molecular weight is 231 g/mol. The van der Waals surface area contributed by atoms with Crippen molar-refractivity contribution < 1.29 is 19.5 Å². The highest BCUT2D eigenvalue weighted by Gasteiger charge is 2.45. The minimum absolute atomic E-state index is 0.727. The van der Waals surface area contributed by atoms with E-state index in [1.165, 1.54) is 13.3 Å². The van der Waals surface area contributed by atoms with Crippen LogP contribution in [0.25, 0.3) is 11.8 Å². The molecule has 86 valence electrons. The second-order valence-electron chi connectivity index (χ2n) is 3.93. The van der Waals surface area contributed by atoms with Crippen molar-refractivity contribution in [1.82, 2.24) is 5.43 Å². The van der Waals surface area contributed by atoms with Gasteiger partial charge in [0.2, 0.25) is 0 Å². The molecule has 1 atom stereocenters. The van der Waals surface area contributed by atoms with Crippen LogP contribution in [-0.4, -0.2) is 23.1 Å². The predicted octanol–water partition coefficient (Wildman–Crippen LogP) is 0.0472. The molecule has 1 aromatic carbocycles. The van der Waals surface area contributed by atoms with Crippen LogP contribution in [0.4, 0.5) is 4.79 Å². The van der Waals surface area contributed by atoms with E-state index in [-0.39, 0.29) is 0 Å². The maximum atomic E-state index is 11.2. The Labute approximate surface area is 97.1 Å². The van der Waals surface area contributed by atoms with Gasteiger partial charge in [0.1, 0.15) is 12.8 Å². The molecule has 0 aromatic heterocycles. The summed E-state index contributed by atoms with van der Waals surface area (Å²) in [5, 5.41) is 11.3. The largest absolute Gasteiger partial charge is 0.578 e. The monoisotopic (exact) mass is 231 g/mol. The Hall–Kier alpha value is -2.11. The van der Waals surface area contributed by atoms with Crippen molar-refractivity contribution in [2.45, 2.75) is 0 Å². The van der Waals surface area contributed by atoms with Crippen LogP contribution in [0.2, 0.25) is 0 Å². The van der Waals surface area contributed by atoms with E-state index in [0.717, 1.165) is 21.7 Å². The number of nitrogens with one attached hydrogen (secondary N) is 1. The Morgan fingerprint density at radius 2 is 2.18 bits per heavy atom. The smallest absolute Gasteiger partial charge is 0.431 e. The summed E-state index contributed by atoms with van der Waals surface area (Å²) in [5.74, 6) is 0. The van der Waals surface area contributed by atoms with Gasteiger partial charge in [-0.15, -0.1) is 0 Å². The minimum Gasteiger partial charge on any atom is -0.431 e. The molecule has 0 fully saturated rings. The van der Waals surface area contributed by atoms with Crippen molar-refractivity contribution in [2.75, 3.05) is 7.11 Å². The van der Waals surface area contributed by atoms with E-state index in [4.69, 9.17) is 4.84 Å². The summed E-state index contributed by atoms with van der Waals surface area (Å²) in [4.78, 5) is 16.2. The number of carboxylic acid groups (broad SMARTS) is 1. The summed E-state index contributed by atoms with van der Waals surface area (Å²) in [7, 11) is 1.35. The fourth-order valence-corrected chi connectivity index (χ4v) is 2.15. The molecule has 1 unspecified atom stereocenters. The van der Waals surface area contributed by atoms with Crippen molar-refractivity contribution in [3.05, 3.63) is 46.5 Å². The molecule has 2 N–H and O–H groups in total. The molecule has 1 aliphatic carbocycles. The van der Waals surface area contributed by atoms with Crippen molar-refractivity contribution in [3.63, 3.8) is 0 Å². The number of carbonyl (C=O) groups is 1. The Morgan fingerprint density at radius 1 is 1.41 bits per heavy atom. The third-order valence-electron chi connectivity index (χ3n) is 3.00. The molecule has 0 bridgehead atoms. The molecule has 1 heterocycles. The third kappa shape index (κ3) is 1.23. The number of benzene rings is 1. The first-order chi connectivity index (χ1) is 8.16. The number of amides is 1. The van der Waals surface area contributed by atoms with E-state index in [0.29, 0.717) is 0 Å². The maximum absolute atomic E-state index is 11.2. The lowest BCUT2D eigenvalue weighted by Crippen LogP contribution is -2.53. The Morgan fingerprint density at radius 3 is 2.88 bits per heavy atom. The molecule has 1 amide bonds. The van der Waals surface area contributed by atoms with Crippen LogP contribution in [0.15, 0.2) is 36.0 Å². The summed E-state index contributed by atoms with van der Waals surface area (Å²) in [5.41, 5.74) is 4.52. The summed E-state index contributed by atoms with van der Waals surface area (Å²) in [6, 6.07) is 7.82. The zero-order valence-corrected chi connectivity index (χ0v) is 9.18. The molecule has 0 saturated heterocycles. The normalized spacial score (nSPS) is 24.5. The summed E-state index contributed by atoms with van der Waals surface area (Å²) in [6.45, 7) is 0. The quantitative estimate of drug-likeness (QED) is 0.670. The molecule has 17 heavy (non-hydrogen) atoms. The number of fused-ring (bicyclic) bond motifs is 2.